The second-order valence-corrected chi connectivity index (χ2v) is 10.7. The molecule has 2 aromatic carbocycles. The molecule has 3 aromatic rings. The Morgan fingerprint density at radius 2 is 1.75 bits per heavy atom. The number of nitrogens with one attached hydrogen (secondary N) is 1. The SMILES string of the molecule is CCc1cccc(CC)c1-n1nc2c(c1-c1cc(F)c(NC(N)=O)cc1F)CN(CCCC(F)(F)F)C(C)(C)C2. The average molecular weight is 564 g/mol. The maximum Gasteiger partial charge on any atom is 0.389 e. The van der Waals surface area contributed by atoms with Crippen molar-refractivity contribution in [2.75, 3.05) is 11.9 Å². The predicted octanol–water partition coefficient (Wildman–Crippen LogP) is 6.91. The highest BCUT2D eigenvalue weighted by Gasteiger charge is 2.38. The van der Waals surface area contributed by atoms with Gasteiger partial charge in [-0.3, -0.25) is 4.90 Å². The van der Waals surface area contributed by atoms with Crippen LogP contribution >= 0.6 is 0 Å². The third-order valence-corrected chi connectivity index (χ3v) is 7.51. The number of urea groups is 1. The molecule has 40 heavy (non-hydrogen) atoms. The van der Waals surface area contributed by atoms with E-state index in [0.29, 0.717) is 36.2 Å². The zero-order chi connectivity index (χ0) is 29.4. The number of rotatable bonds is 8. The second kappa shape index (κ2) is 11.2. The number of aromatic nitrogens is 2. The molecule has 0 radical (unpaired) electrons. The number of hydrogen-bond donors (Lipinski definition) is 2. The Morgan fingerprint density at radius 1 is 1.10 bits per heavy atom. The fourth-order valence-corrected chi connectivity index (χ4v) is 5.46. The van der Waals surface area contributed by atoms with Crippen LogP contribution in [0.25, 0.3) is 16.9 Å². The van der Waals surface area contributed by atoms with Crippen LogP contribution in [0.2, 0.25) is 0 Å². The Morgan fingerprint density at radius 3 is 2.33 bits per heavy atom. The molecule has 0 saturated heterocycles. The summed E-state index contributed by atoms with van der Waals surface area (Å²) in [5.74, 6) is -1.68. The van der Waals surface area contributed by atoms with E-state index in [1.807, 2.05) is 50.8 Å². The van der Waals surface area contributed by atoms with E-state index in [0.717, 1.165) is 28.9 Å². The number of hydrogen-bond acceptors (Lipinski definition) is 3. The Bertz CT molecular complexity index is 1390. The van der Waals surface area contributed by atoms with Gasteiger partial charge in [-0.2, -0.15) is 18.3 Å². The Balaban J connectivity index is 1.93. The number of para-hydroxylation sites is 1. The summed E-state index contributed by atoms with van der Waals surface area (Å²) in [7, 11) is 0. The van der Waals surface area contributed by atoms with Gasteiger partial charge in [0, 0.05) is 42.1 Å². The minimum absolute atomic E-state index is 0.0656. The molecule has 0 fully saturated rings. The van der Waals surface area contributed by atoms with E-state index < -0.39 is 41.5 Å². The first kappa shape index (κ1) is 29.5. The molecule has 11 heteroatoms. The molecular weight excluding hydrogens is 529 g/mol. The van der Waals surface area contributed by atoms with Crippen molar-refractivity contribution >= 4 is 11.7 Å². The molecule has 6 nitrogen and oxygen atoms in total. The summed E-state index contributed by atoms with van der Waals surface area (Å²) in [5.41, 5.74) is 8.50. The highest BCUT2D eigenvalue weighted by atomic mass is 19.4. The fraction of sp³-hybridized carbons (Fsp3) is 0.448. The standard InChI is InChI=1S/C29H34F5N5O/c1-5-17-9-7-10-18(6-2)25(17)39-26(19-13-22(31)23(14-21(19)30)36-27(35)40)20-16-38(12-8-11-29(32,33)34)28(3,4)15-24(20)37-39/h7,9-10,13-14H,5-6,8,11-12,15-16H2,1-4H3,(H3,35,36,40). The number of alkyl halides is 3. The topological polar surface area (TPSA) is 76.2 Å². The molecule has 0 atom stereocenters. The zero-order valence-corrected chi connectivity index (χ0v) is 23.1. The number of anilines is 1. The lowest BCUT2D eigenvalue weighted by molar-refractivity contribution is -0.137. The zero-order valence-electron chi connectivity index (χ0n) is 23.1. The summed E-state index contributed by atoms with van der Waals surface area (Å²) >= 11 is 0. The molecule has 0 spiro atoms. The number of carbonyl (C=O) groups is 1. The third kappa shape index (κ3) is 5.99. The first-order valence-corrected chi connectivity index (χ1v) is 13.3. The maximum absolute atomic E-state index is 15.7. The van der Waals surface area contributed by atoms with Gasteiger partial charge < -0.3 is 11.1 Å². The number of nitrogens with zero attached hydrogens (tertiary/aromatic N) is 3. The van der Waals surface area contributed by atoms with Crippen LogP contribution in [-0.4, -0.2) is 39.0 Å². The van der Waals surface area contributed by atoms with Gasteiger partial charge in [0.25, 0.3) is 0 Å². The lowest BCUT2D eigenvalue weighted by Gasteiger charge is -2.42. The maximum atomic E-state index is 15.7. The molecule has 0 unspecified atom stereocenters. The number of carbonyl (C=O) groups excluding carboxylic acids is 1. The summed E-state index contributed by atoms with van der Waals surface area (Å²) in [4.78, 5) is 13.2. The fourth-order valence-electron chi connectivity index (χ4n) is 5.46. The average Bonchev–Trinajstić information content (AvgIpc) is 3.20. The first-order valence-electron chi connectivity index (χ1n) is 13.3. The molecule has 1 aliphatic rings. The third-order valence-electron chi connectivity index (χ3n) is 7.51. The van der Waals surface area contributed by atoms with Crippen LogP contribution in [0.1, 0.15) is 62.9 Å². The smallest absolute Gasteiger partial charge is 0.351 e. The van der Waals surface area contributed by atoms with Crippen LogP contribution in [-0.2, 0) is 25.8 Å². The minimum atomic E-state index is -4.26. The van der Waals surface area contributed by atoms with Gasteiger partial charge in [-0.15, -0.1) is 0 Å². The molecule has 1 aromatic heterocycles. The molecule has 0 saturated carbocycles. The van der Waals surface area contributed by atoms with Crippen LogP contribution in [0.3, 0.4) is 0 Å². The summed E-state index contributed by atoms with van der Waals surface area (Å²) in [6, 6.07) is 6.71. The van der Waals surface area contributed by atoms with Crippen molar-refractivity contribution in [1.82, 2.24) is 14.7 Å². The number of nitrogens with two attached hydrogens (primary N) is 1. The van der Waals surface area contributed by atoms with Crippen LogP contribution in [0.15, 0.2) is 30.3 Å². The lowest BCUT2D eigenvalue weighted by atomic mass is 9.87. The van der Waals surface area contributed by atoms with E-state index in [9.17, 15) is 18.0 Å². The van der Waals surface area contributed by atoms with Crippen LogP contribution < -0.4 is 11.1 Å². The monoisotopic (exact) mass is 563 g/mol. The minimum Gasteiger partial charge on any atom is -0.351 e. The van der Waals surface area contributed by atoms with Gasteiger partial charge in [-0.25, -0.2) is 18.3 Å². The summed E-state index contributed by atoms with van der Waals surface area (Å²) < 4.78 is 71.3. The molecule has 2 amide bonds. The number of aryl methyl sites for hydroxylation is 2. The van der Waals surface area contributed by atoms with Crippen molar-refractivity contribution < 1.29 is 26.7 Å². The Kier molecular flexibility index (Phi) is 8.26. The van der Waals surface area contributed by atoms with Gasteiger partial charge in [0.2, 0.25) is 0 Å². The second-order valence-electron chi connectivity index (χ2n) is 10.7. The van der Waals surface area contributed by atoms with E-state index in [4.69, 9.17) is 10.8 Å². The lowest BCUT2D eigenvalue weighted by Crippen LogP contribution is -2.48. The van der Waals surface area contributed by atoms with Crippen LogP contribution in [0.5, 0.6) is 0 Å². The predicted molar refractivity (Wildman–Crippen MR) is 144 cm³/mol. The van der Waals surface area contributed by atoms with Crippen molar-refractivity contribution in [2.24, 2.45) is 5.73 Å². The van der Waals surface area contributed by atoms with E-state index in [1.165, 1.54) is 0 Å². The molecule has 4 rings (SSSR count). The van der Waals surface area contributed by atoms with Gasteiger partial charge in [-0.05, 0) is 56.8 Å². The largest absolute Gasteiger partial charge is 0.389 e. The molecule has 0 bridgehead atoms. The van der Waals surface area contributed by atoms with Gasteiger partial charge in [-0.1, -0.05) is 32.0 Å². The molecular formula is C29H34F5N5O. The van der Waals surface area contributed by atoms with E-state index >= 15 is 8.78 Å². The Labute approximate surface area is 230 Å². The summed E-state index contributed by atoms with van der Waals surface area (Å²) in [6.45, 7) is 8.29. The van der Waals surface area contributed by atoms with Crippen molar-refractivity contribution in [3.8, 4) is 16.9 Å². The number of amides is 2. The molecule has 1 aliphatic heterocycles. The van der Waals surface area contributed by atoms with E-state index in [2.05, 4.69) is 5.32 Å². The Hall–Kier alpha value is -3.47. The normalized spacial score (nSPS) is 15.2. The highest BCUT2D eigenvalue weighted by molar-refractivity contribution is 5.88. The van der Waals surface area contributed by atoms with Gasteiger partial charge >= 0.3 is 12.2 Å². The molecule has 3 N–H and O–H groups in total. The quantitative estimate of drug-likeness (QED) is 0.293. The van der Waals surface area contributed by atoms with E-state index in [1.54, 1.807) is 4.68 Å². The van der Waals surface area contributed by atoms with Crippen LogP contribution in [0.4, 0.5) is 32.4 Å². The van der Waals surface area contributed by atoms with Crippen molar-refractivity contribution in [1.29, 1.82) is 0 Å². The summed E-state index contributed by atoms with van der Waals surface area (Å²) in [6.07, 6.45) is -3.50. The van der Waals surface area contributed by atoms with E-state index in [-0.39, 0.29) is 25.1 Å². The van der Waals surface area contributed by atoms with Gasteiger partial charge in [0.1, 0.15) is 11.6 Å². The molecule has 2 heterocycles. The van der Waals surface area contributed by atoms with Gasteiger partial charge in [0.15, 0.2) is 0 Å². The van der Waals surface area contributed by atoms with Crippen LogP contribution in [0, 0.1) is 11.6 Å². The van der Waals surface area contributed by atoms with Crippen molar-refractivity contribution in [3.63, 3.8) is 0 Å². The number of primary amides is 1. The van der Waals surface area contributed by atoms with Crippen molar-refractivity contribution in [2.45, 2.75) is 78.1 Å². The number of fused-ring (bicyclic) bond motifs is 1. The highest BCUT2D eigenvalue weighted by Crippen LogP contribution is 2.41. The first-order chi connectivity index (χ1) is 18.8. The number of benzene rings is 2. The van der Waals surface area contributed by atoms with Crippen molar-refractivity contribution in [3.05, 3.63) is 64.4 Å². The molecule has 0 aliphatic carbocycles. The molecule has 216 valence electrons. The van der Waals surface area contributed by atoms with Gasteiger partial charge in [0.05, 0.1) is 22.8 Å². The summed E-state index contributed by atoms with van der Waals surface area (Å²) in [5, 5.41) is 7.02. The number of halogens is 5.